The van der Waals surface area contributed by atoms with Gasteiger partial charge in [0.05, 0.1) is 11.0 Å². The number of hydrogen-bond acceptors (Lipinski definition) is 6. The van der Waals surface area contributed by atoms with Gasteiger partial charge in [0.15, 0.2) is 29.5 Å². The number of dihydropyridines is 1. The third kappa shape index (κ3) is 5.13. The Balaban J connectivity index is 1.38. The fraction of sp³-hybridized carbons (Fsp3) is 0.370. The lowest BCUT2D eigenvalue weighted by Crippen LogP contribution is -2.36. The Morgan fingerprint density at radius 1 is 1.18 bits per heavy atom. The average Bonchev–Trinajstić information content (AvgIpc) is 3.42. The predicted molar refractivity (Wildman–Crippen MR) is 137 cm³/mol. The van der Waals surface area contributed by atoms with Gasteiger partial charge in [0.25, 0.3) is 5.91 Å². The van der Waals surface area contributed by atoms with Gasteiger partial charge in [0.1, 0.15) is 11.7 Å². The van der Waals surface area contributed by atoms with Gasteiger partial charge in [-0.05, 0) is 51.2 Å². The van der Waals surface area contributed by atoms with Crippen molar-refractivity contribution in [2.45, 2.75) is 38.1 Å². The molecule has 0 bridgehead atoms. The highest BCUT2D eigenvalue weighted by atomic mass is 19.2. The van der Waals surface area contributed by atoms with Crippen molar-refractivity contribution >= 4 is 23.2 Å². The fourth-order valence-electron chi connectivity index (χ4n) is 4.98. The van der Waals surface area contributed by atoms with Crippen LogP contribution in [0, 0.1) is 23.3 Å². The van der Waals surface area contributed by atoms with Gasteiger partial charge in [-0.25, -0.2) is 22.5 Å². The number of amides is 1. The van der Waals surface area contributed by atoms with Crippen LogP contribution < -0.4 is 5.32 Å². The second-order valence-corrected chi connectivity index (χ2v) is 10.2. The van der Waals surface area contributed by atoms with Gasteiger partial charge in [-0.3, -0.25) is 9.79 Å². The molecule has 12 heteroatoms. The van der Waals surface area contributed by atoms with Crippen LogP contribution in [0.4, 0.5) is 17.6 Å². The Kier molecular flexibility index (Phi) is 7.17. The maximum absolute atomic E-state index is 14.2. The standard InChI is InChI=1S/C27H28F4N6O2/c1-13(8-16-23(30)17(28)11-18(29)24(16)31)33-19-4-5-32-26(38)22(19)25-34-20-9-14-12-37(7-6-36(2)3)27(39)15(14)10-21(20)35-25/h4-5,9-11,13,22,26,33,38H,6-8,12H2,1-3H3,(H,34,35)/t13-,22?,26?/m0/s1. The number of nitrogens with one attached hydrogen (secondary N) is 2. The molecule has 0 spiro atoms. The summed E-state index contributed by atoms with van der Waals surface area (Å²) in [5.41, 5.74) is 2.41. The van der Waals surface area contributed by atoms with Gasteiger partial charge in [0, 0.05) is 54.8 Å². The molecule has 1 aromatic heterocycles. The number of nitrogens with zero attached hydrogens (tertiary/aromatic N) is 4. The second kappa shape index (κ2) is 10.4. The van der Waals surface area contributed by atoms with E-state index in [2.05, 4.69) is 20.3 Å². The van der Waals surface area contributed by atoms with Crippen LogP contribution in [-0.2, 0) is 13.0 Å². The largest absolute Gasteiger partial charge is 0.385 e. The number of aromatic amines is 1. The first kappa shape index (κ1) is 26.8. The topological polar surface area (TPSA) is 96.8 Å². The van der Waals surface area contributed by atoms with Gasteiger partial charge in [-0.15, -0.1) is 0 Å². The molecule has 5 rings (SSSR count). The first-order valence-corrected chi connectivity index (χ1v) is 12.5. The van der Waals surface area contributed by atoms with Crippen molar-refractivity contribution in [3.8, 4) is 0 Å². The number of carbonyl (C=O) groups excluding carboxylic acids is 1. The minimum Gasteiger partial charge on any atom is -0.385 e. The Morgan fingerprint density at radius 2 is 1.90 bits per heavy atom. The van der Waals surface area contributed by atoms with Gasteiger partial charge in [-0.1, -0.05) is 0 Å². The monoisotopic (exact) mass is 544 g/mol. The summed E-state index contributed by atoms with van der Waals surface area (Å²) in [5, 5.41) is 13.8. The van der Waals surface area contributed by atoms with Crippen molar-refractivity contribution in [2.75, 3.05) is 27.2 Å². The molecule has 0 saturated carbocycles. The number of rotatable bonds is 8. The molecule has 3 aromatic rings. The number of fused-ring (bicyclic) bond motifs is 2. The van der Waals surface area contributed by atoms with Crippen molar-refractivity contribution in [3.63, 3.8) is 0 Å². The zero-order valence-corrected chi connectivity index (χ0v) is 21.6. The smallest absolute Gasteiger partial charge is 0.254 e. The summed E-state index contributed by atoms with van der Waals surface area (Å²) in [6, 6.07) is 3.09. The third-order valence-corrected chi connectivity index (χ3v) is 6.97. The minimum atomic E-state index is -1.47. The Morgan fingerprint density at radius 3 is 2.59 bits per heavy atom. The van der Waals surface area contributed by atoms with Gasteiger partial charge < -0.3 is 25.2 Å². The molecule has 0 fully saturated rings. The number of aliphatic hydroxyl groups is 1. The van der Waals surface area contributed by atoms with Crippen molar-refractivity contribution in [1.29, 1.82) is 0 Å². The molecule has 3 atom stereocenters. The summed E-state index contributed by atoms with van der Waals surface area (Å²) in [5.74, 6) is -6.31. The molecule has 1 amide bonds. The SMILES string of the molecule is C[C@@H](Cc1c(F)c(F)cc(F)c1F)NC1=CC=NC(O)C1c1nc2cc3c(cc2[nH]1)CN(CCN(C)C)C3=O. The first-order chi connectivity index (χ1) is 18.5. The van der Waals surface area contributed by atoms with Crippen LogP contribution in [0.25, 0.3) is 11.0 Å². The van der Waals surface area contributed by atoms with Crippen LogP contribution in [0.1, 0.15) is 40.2 Å². The van der Waals surface area contributed by atoms with Crippen LogP contribution in [0.3, 0.4) is 0 Å². The van der Waals surface area contributed by atoms with E-state index in [4.69, 9.17) is 0 Å². The lowest BCUT2D eigenvalue weighted by atomic mass is 9.98. The van der Waals surface area contributed by atoms with Gasteiger partial charge in [-0.2, -0.15) is 0 Å². The van der Waals surface area contributed by atoms with Gasteiger partial charge >= 0.3 is 0 Å². The average molecular weight is 545 g/mol. The lowest BCUT2D eigenvalue weighted by molar-refractivity contribution is 0.0768. The number of aliphatic hydroxyl groups excluding tert-OH is 1. The molecule has 0 radical (unpaired) electrons. The van der Waals surface area contributed by atoms with E-state index in [1.54, 1.807) is 24.0 Å². The molecule has 0 aliphatic carbocycles. The van der Waals surface area contributed by atoms with E-state index in [1.807, 2.05) is 25.1 Å². The number of halogens is 4. The molecule has 2 aliphatic heterocycles. The van der Waals surface area contributed by atoms with E-state index in [0.29, 0.717) is 41.2 Å². The first-order valence-electron chi connectivity index (χ1n) is 12.5. The Bertz CT molecular complexity index is 1480. The number of likely N-dealkylation sites (N-methyl/N-ethyl adjacent to an activating group) is 1. The summed E-state index contributed by atoms with van der Waals surface area (Å²) in [7, 11) is 3.89. The number of carbonyl (C=O) groups is 1. The van der Waals surface area contributed by atoms with E-state index in [0.717, 1.165) is 12.1 Å². The van der Waals surface area contributed by atoms with Crippen molar-refractivity contribution in [1.82, 2.24) is 25.1 Å². The molecular formula is C27H28F4N6O2. The number of aromatic nitrogens is 2. The lowest BCUT2D eigenvalue weighted by Gasteiger charge is -2.27. The number of aliphatic imine (C=N–C) groups is 1. The summed E-state index contributed by atoms with van der Waals surface area (Å²) < 4.78 is 55.7. The van der Waals surface area contributed by atoms with E-state index in [-0.39, 0.29) is 18.4 Å². The number of hydrogen-bond donors (Lipinski definition) is 3. The number of allylic oxidation sites excluding steroid dienone is 1. The van der Waals surface area contributed by atoms with E-state index >= 15 is 0 Å². The number of benzene rings is 2. The molecule has 8 nitrogen and oxygen atoms in total. The molecular weight excluding hydrogens is 516 g/mol. The quantitative estimate of drug-likeness (QED) is 0.299. The Hall–Kier alpha value is -3.77. The zero-order chi connectivity index (χ0) is 28.0. The molecule has 206 valence electrons. The van der Waals surface area contributed by atoms with Crippen LogP contribution in [0.15, 0.2) is 35.0 Å². The van der Waals surface area contributed by atoms with Crippen LogP contribution in [-0.4, -0.2) is 76.5 Å². The molecule has 3 heterocycles. The fourth-order valence-corrected chi connectivity index (χ4v) is 4.98. The van der Waals surface area contributed by atoms with Crippen LogP contribution in [0.5, 0.6) is 0 Å². The predicted octanol–water partition coefficient (Wildman–Crippen LogP) is 3.23. The molecule has 39 heavy (non-hydrogen) atoms. The van der Waals surface area contributed by atoms with Crippen molar-refractivity contribution in [3.05, 3.63) is 75.8 Å². The second-order valence-electron chi connectivity index (χ2n) is 10.2. The summed E-state index contributed by atoms with van der Waals surface area (Å²) >= 11 is 0. The number of imidazole rings is 1. The maximum atomic E-state index is 14.2. The zero-order valence-electron chi connectivity index (χ0n) is 21.6. The summed E-state index contributed by atoms with van der Waals surface area (Å²) in [4.78, 5) is 28.6. The summed E-state index contributed by atoms with van der Waals surface area (Å²) in [6.45, 7) is 3.43. The van der Waals surface area contributed by atoms with Crippen LogP contribution >= 0.6 is 0 Å². The number of H-pyrrole nitrogens is 1. The van der Waals surface area contributed by atoms with E-state index in [1.165, 1.54) is 6.21 Å². The van der Waals surface area contributed by atoms with Gasteiger partial charge in [0.2, 0.25) is 0 Å². The molecule has 2 aromatic carbocycles. The molecule has 2 unspecified atom stereocenters. The molecule has 3 N–H and O–H groups in total. The normalized spacial score (nSPS) is 19.7. The van der Waals surface area contributed by atoms with Crippen LogP contribution in [0.2, 0.25) is 0 Å². The minimum absolute atomic E-state index is 0.0649. The summed E-state index contributed by atoms with van der Waals surface area (Å²) in [6.07, 6.45) is 1.40. The van der Waals surface area contributed by atoms with E-state index < -0.39 is 47.0 Å². The highest BCUT2D eigenvalue weighted by Crippen LogP contribution is 2.32. The highest BCUT2D eigenvalue weighted by molar-refractivity contribution is 6.01. The van der Waals surface area contributed by atoms with E-state index in [9.17, 15) is 27.5 Å². The third-order valence-electron chi connectivity index (χ3n) is 6.97. The highest BCUT2D eigenvalue weighted by Gasteiger charge is 2.33. The van der Waals surface area contributed by atoms with Crippen molar-refractivity contribution < 1.29 is 27.5 Å². The molecule has 2 aliphatic rings. The Labute approximate surface area is 222 Å². The maximum Gasteiger partial charge on any atom is 0.254 e. The van der Waals surface area contributed by atoms with Crippen molar-refractivity contribution in [2.24, 2.45) is 4.99 Å². The molecule has 0 saturated heterocycles.